The smallest absolute Gasteiger partial charge is 0.119 e. The Labute approximate surface area is 173 Å². The fourth-order valence-corrected chi connectivity index (χ4v) is 4.14. The van der Waals surface area contributed by atoms with E-state index in [-0.39, 0.29) is 0 Å². The molecule has 2 aromatic rings. The Morgan fingerprint density at radius 1 is 0.897 bits per heavy atom. The number of anilines is 2. The van der Waals surface area contributed by atoms with Gasteiger partial charge in [0.25, 0.3) is 0 Å². The summed E-state index contributed by atoms with van der Waals surface area (Å²) in [4.78, 5) is 7.28. The van der Waals surface area contributed by atoms with Crippen LogP contribution in [0.15, 0.2) is 42.5 Å². The number of benzene rings is 2. The minimum absolute atomic E-state index is 0.793. The summed E-state index contributed by atoms with van der Waals surface area (Å²) in [6.45, 7) is 8.88. The Morgan fingerprint density at radius 3 is 2.21 bits per heavy atom. The van der Waals surface area contributed by atoms with Crippen LogP contribution in [0, 0.1) is 11.3 Å². The summed E-state index contributed by atoms with van der Waals surface area (Å²) in [5.74, 6) is 0.890. The minimum atomic E-state index is 0.793. The summed E-state index contributed by atoms with van der Waals surface area (Å²) in [6, 6.07) is 17.0. The molecule has 29 heavy (non-hydrogen) atoms. The van der Waals surface area contributed by atoms with Crippen LogP contribution >= 0.6 is 0 Å². The molecule has 1 N–H and O–H groups in total. The predicted octanol–water partition coefficient (Wildman–Crippen LogP) is 2.30. The molecule has 152 valence electrons. The van der Waals surface area contributed by atoms with Crippen molar-refractivity contribution in [2.75, 3.05) is 69.3 Å². The van der Waals surface area contributed by atoms with E-state index in [0.29, 0.717) is 0 Å². The highest BCUT2D eigenvalue weighted by atomic mass is 16.5. The SMILES string of the molecule is COc1ccc(N2CCN(Cc3cc(N4CCNCC4)ccc3C#N)CC2)cc1. The highest BCUT2D eigenvalue weighted by Gasteiger charge is 2.19. The zero-order chi connectivity index (χ0) is 20.1. The van der Waals surface area contributed by atoms with Gasteiger partial charge in [-0.2, -0.15) is 5.26 Å². The number of ether oxygens (including phenoxy) is 1. The summed E-state index contributed by atoms with van der Waals surface area (Å²) in [5, 5.41) is 13.0. The lowest BCUT2D eigenvalue weighted by atomic mass is 10.1. The second-order valence-corrected chi connectivity index (χ2v) is 7.65. The molecule has 2 aliphatic rings. The predicted molar refractivity (Wildman–Crippen MR) is 117 cm³/mol. The fourth-order valence-electron chi connectivity index (χ4n) is 4.14. The van der Waals surface area contributed by atoms with Crippen LogP contribution < -0.4 is 19.9 Å². The number of nitrogens with zero attached hydrogens (tertiary/aromatic N) is 4. The van der Waals surface area contributed by atoms with Gasteiger partial charge in [0.15, 0.2) is 0 Å². The molecular weight excluding hydrogens is 362 g/mol. The molecule has 0 amide bonds. The Balaban J connectivity index is 1.39. The van der Waals surface area contributed by atoms with Crippen molar-refractivity contribution in [1.82, 2.24) is 10.2 Å². The summed E-state index contributed by atoms with van der Waals surface area (Å²) in [7, 11) is 1.69. The number of piperazine rings is 2. The van der Waals surface area contributed by atoms with E-state index in [1.165, 1.54) is 11.4 Å². The second kappa shape index (κ2) is 9.17. The highest BCUT2D eigenvalue weighted by Crippen LogP contribution is 2.24. The molecule has 2 aliphatic heterocycles. The van der Waals surface area contributed by atoms with Crippen LogP contribution in [-0.2, 0) is 6.54 Å². The van der Waals surface area contributed by atoms with Gasteiger partial charge in [0.1, 0.15) is 5.75 Å². The Kier molecular flexibility index (Phi) is 6.18. The molecule has 2 saturated heterocycles. The molecule has 0 aromatic heterocycles. The van der Waals surface area contributed by atoms with Crippen LogP contribution in [0.3, 0.4) is 0 Å². The molecule has 0 aliphatic carbocycles. The van der Waals surface area contributed by atoms with Gasteiger partial charge in [0.2, 0.25) is 0 Å². The monoisotopic (exact) mass is 391 g/mol. The summed E-state index contributed by atoms with van der Waals surface area (Å²) >= 11 is 0. The molecule has 6 nitrogen and oxygen atoms in total. The first-order valence-electron chi connectivity index (χ1n) is 10.4. The molecule has 2 fully saturated rings. The van der Waals surface area contributed by atoms with Gasteiger partial charge in [0.05, 0.1) is 18.7 Å². The second-order valence-electron chi connectivity index (χ2n) is 7.65. The van der Waals surface area contributed by atoms with E-state index in [4.69, 9.17) is 4.74 Å². The van der Waals surface area contributed by atoms with E-state index in [1.54, 1.807) is 7.11 Å². The number of hydrogen-bond donors (Lipinski definition) is 1. The lowest BCUT2D eigenvalue weighted by molar-refractivity contribution is 0.249. The van der Waals surface area contributed by atoms with Gasteiger partial charge in [0, 0.05) is 70.3 Å². The normalized spacial score (nSPS) is 17.8. The lowest BCUT2D eigenvalue weighted by Crippen LogP contribution is -2.46. The van der Waals surface area contributed by atoms with Crippen LogP contribution in [0.2, 0.25) is 0 Å². The fraction of sp³-hybridized carbons (Fsp3) is 0.435. The standard InChI is InChI=1S/C23H29N5O/c1-29-23-6-4-21(5-7-23)28-14-12-26(13-15-28)18-20-16-22(3-2-19(20)17-24)27-10-8-25-9-11-27/h2-7,16,25H,8-15,18H2,1H3. The van der Waals surface area contributed by atoms with Gasteiger partial charge >= 0.3 is 0 Å². The average Bonchev–Trinajstić information content (AvgIpc) is 2.80. The Morgan fingerprint density at radius 2 is 1.55 bits per heavy atom. The minimum Gasteiger partial charge on any atom is -0.497 e. The van der Waals surface area contributed by atoms with E-state index in [1.807, 2.05) is 18.2 Å². The summed E-state index contributed by atoms with van der Waals surface area (Å²) in [6.07, 6.45) is 0. The molecular formula is C23H29N5O. The molecule has 0 bridgehead atoms. The topological polar surface area (TPSA) is 54.8 Å². The van der Waals surface area contributed by atoms with Crippen molar-refractivity contribution in [2.45, 2.75) is 6.54 Å². The molecule has 2 aromatic carbocycles. The lowest BCUT2D eigenvalue weighted by Gasteiger charge is -2.36. The van der Waals surface area contributed by atoms with Gasteiger partial charge in [-0.3, -0.25) is 4.90 Å². The molecule has 0 atom stereocenters. The summed E-state index contributed by atoms with van der Waals surface area (Å²) in [5.41, 5.74) is 4.41. The van der Waals surface area contributed by atoms with E-state index in [0.717, 1.165) is 75.8 Å². The molecule has 0 spiro atoms. The Hall–Kier alpha value is -2.75. The van der Waals surface area contributed by atoms with Gasteiger partial charge in [-0.05, 0) is 48.0 Å². The third-order valence-corrected chi connectivity index (χ3v) is 5.90. The van der Waals surface area contributed by atoms with Gasteiger partial charge < -0.3 is 19.9 Å². The first-order chi connectivity index (χ1) is 14.3. The zero-order valence-electron chi connectivity index (χ0n) is 17.1. The molecule has 0 saturated carbocycles. The molecule has 0 unspecified atom stereocenters. The first kappa shape index (κ1) is 19.6. The van der Waals surface area contributed by atoms with E-state index < -0.39 is 0 Å². The van der Waals surface area contributed by atoms with Crippen molar-refractivity contribution in [1.29, 1.82) is 5.26 Å². The number of nitrogens with one attached hydrogen (secondary N) is 1. The van der Waals surface area contributed by atoms with Crippen molar-refractivity contribution in [3.63, 3.8) is 0 Å². The van der Waals surface area contributed by atoms with Crippen LogP contribution in [0.5, 0.6) is 5.75 Å². The maximum Gasteiger partial charge on any atom is 0.119 e. The molecule has 6 heteroatoms. The Bertz CT molecular complexity index is 847. The largest absolute Gasteiger partial charge is 0.497 e. The maximum atomic E-state index is 9.57. The molecule has 2 heterocycles. The van der Waals surface area contributed by atoms with Crippen molar-refractivity contribution >= 4 is 11.4 Å². The van der Waals surface area contributed by atoms with Gasteiger partial charge in [-0.1, -0.05) is 0 Å². The van der Waals surface area contributed by atoms with Crippen LogP contribution in [-0.4, -0.2) is 64.4 Å². The number of hydrogen-bond acceptors (Lipinski definition) is 6. The number of rotatable bonds is 5. The van der Waals surface area contributed by atoms with Gasteiger partial charge in [-0.25, -0.2) is 0 Å². The summed E-state index contributed by atoms with van der Waals surface area (Å²) < 4.78 is 5.26. The van der Waals surface area contributed by atoms with Gasteiger partial charge in [-0.15, -0.1) is 0 Å². The maximum absolute atomic E-state index is 9.57. The highest BCUT2D eigenvalue weighted by molar-refractivity contribution is 5.54. The molecule has 4 rings (SSSR count). The van der Waals surface area contributed by atoms with Crippen molar-refractivity contribution < 1.29 is 4.74 Å². The van der Waals surface area contributed by atoms with E-state index in [9.17, 15) is 5.26 Å². The quantitative estimate of drug-likeness (QED) is 0.844. The van der Waals surface area contributed by atoms with E-state index >= 15 is 0 Å². The van der Waals surface area contributed by atoms with Crippen molar-refractivity contribution in [2.24, 2.45) is 0 Å². The number of nitriles is 1. The third-order valence-electron chi connectivity index (χ3n) is 5.90. The van der Waals surface area contributed by atoms with E-state index in [2.05, 4.69) is 50.4 Å². The average molecular weight is 392 g/mol. The van der Waals surface area contributed by atoms with Crippen LogP contribution in [0.25, 0.3) is 0 Å². The van der Waals surface area contributed by atoms with Crippen LogP contribution in [0.1, 0.15) is 11.1 Å². The molecule has 0 radical (unpaired) electrons. The first-order valence-corrected chi connectivity index (χ1v) is 10.4. The zero-order valence-corrected chi connectivity index (χ0v) is 17.1. The van der Waals surface area contributed by atoms with Crippen molar-refractivity contribution in [3.8, 4) is 11.8 Å². The van der Waals surface area contributed by atoms with Crippen molar-refractivity contribution in [3.05, 3.63) is 53.6 Å². The van der Waals surface area contributed by atoms with Crippen LogP contribution in [0.4, 0.5) is 11.4 Å². The third kappa shape index (κ3) is 4.64. The number of methoxy groups -OCH3 is 1.